The topological polar surface area (TPSA) is 86.3 Å². The second-order valence-corrected chi connectivity index (χ2v) is 7.15. The van der Waals surface area contributed by atoms with Crippen LogP contribution in [0.25, 0.3) is 22.6 Å². The monoisotopic (exact) mass is 374 g/mol. The van der Waals surface area contributed by atoms with E-state index < -0.39 is 0 Å². The van der Waals surface area contributed by atoms with Gasteiger partial charge in [0.05, 0.1) is 11.3 Å². The number of anilines is 2. The number of imidazole rings is 1. The van der Waals surface area contributed by atoms with Crippen molar-refractivity contribution in [1.29, 1.82) is 0 Å². The summed E-state index contributed by atoms with van der Waals surface area (Å²) in [4.78, 5) is 22.4. The Morgan fingerprint density at radius 1 is 1.14 bits per heavy atom. The average Bonchev–Trinajstić information content (AvgIpc) is 3.26. The molecule has 1 aliphatic rings. The lowest BCUT2D eigenvalue weighted by Crippen LogP contribution is -2.14. The Bertz CT molecular complexity index is 1120. The summed E-state index contributed by atoms with van der Waals surface area (Å²) in [5.74, 6) is 2.24. The van der Waals surface area contributed by atoms with E-state index in [-0.39, 0.29) is 0 Å². The lowest BCUT2D eigenvalue weighted by atomic mass is 9.93. The van der Waals surface area contributed by atoms with Gasteiger partial charge in [0.15, 0.2) is 17.0 Å². The molecule has 0 spiro atoms. The van der Waals surface area contributed by atoms with E-state index in [0.29, 0.717) is 11.9 Å². The molecule has 0 saturated heterocycles. The fraction of sp³-hybridized carbons (Fsp3) is 0.350. The van der Waals surface area contributed by atoms with Gasteiger partial charge in [-0.05, 0) is 39.2 Å². The van der Waals surface area contributed by atoms with Gasteiger partial charge in [0.25, 0.3) is 0 Å². The van der Waals surface area contributed by atoms with E-state index in [4.69, 9.17) is 4.98 Å². The first kappa shape index (κ1) is 16.9. The molecule has 4 aromatic heterocycles. The van der Waals surface area contributed by atoms with E-state index in [1.54, 1.807) is 18.7 Å². The standard InChI is InChI=1S/C20H22N8/c1-3-28-19(14-9-21-13(2)22-10-14)26-17-18(23-12-24-20(17)28)25-15-7-8-27(11-15)16-5-4-6-16/h7-12,16H,3-6H2,1-2H3,(H,23,24,25). The van der Waals surface area contributed by atoms with Crippen molar-refractivity contribution < 1.29 is 0 Å². The molecular formula is C20H22N8. The van der Waals surface area contributed by atoms with Crippen LogP contribution in [-0.2, 0) is 6.54 Å². The number of fused-ring (bicyclic) bond motifs is 1. The van der Waals surface area contributed by atoms with E-state index in [0.717, 1.165) is 40.6 Å². The minimum absolute atomic E-state index is 0.633. The predicted molar refractivity (Wildman–Crippen MR) is 107 cm³/mol. The fourth-order valence-electron chi connectivity index (χ4n) is 3.59. The average molecular weight is 374 g/mol. The molecule has 5 rings (SSSR count). The minimum atomic E-state index is 0.633. The zero-order valence-electron chi connectivity index (χ0n) is 16.0. The Kier molecular flexibility index (Phi) is 4.03. The van der Waals surface area contributed by atoms with Crippen molar-refractivity contribution in [3.05, 3.63) is 43.0 Å². The quantitative estimate of drug-likeness (QED) is 0.570. The molecule has 1 saturated carbocycles. The maximum Gasteiger partial charge on any atom is 0.165 e. The molecule has 0 aromatic carbocycles. The lowest BCUT2D eigenvalue weighted by Gasteiger charge is -2.26. The number of nitrogens with zero attached hydrogens (tertiary/aromatic N) is 7. The van der Waals surface area contributed by atoms with Crippen LogP contribution in [0.2, 0.25) is 0 Å². The molecule has 0 aliphatic heterocycles. The molecule has 8 nitrogen and oxygen atoms in total. The van der Waals surface area contributed by atoms with Crippen LogP contribution in [0.15, 0.2) is 37.2 Å². The number of nitrogens with one attached hydrogen (secondary N) is 1. The molecule has 1 fully saturated rings. The van der Waals surface area contributed by atoms with Gasteiger partial charge in [0, 0.05) is 37.4 Å². The molecule has 4 aromatic rings. The van der Waals surface area contributed by atoms with E-state index in [2.05, 4.69) is 59.8 Å². The summed E-state index contributed by atoms with van der Waals surface area (Å²) in [5.41, 5.74) is 3.43. The van der Waals surface area contributed by atoms with E-state index >= 15 is 0 Å². The molecule has 0 bridgehead atoms. The second kappa shape index (κ2) is 6.70. The molecule has 0 radical (unpaired) electrons. The highest BCUT2D eigenvalue weighted by atomic mass is 15.2. The van der Waals surface area contributed by atoms with Gasteiger partial charge in [0.2, 0.25) is 0 Å². The van der Waals surface area contributed by atoms with Gasteiger partial charge in [0.1, 0.15) is 18.0 Å². The molecular weight excluding hydrogens is 352 g/mol. The first-order chi connectivity index (χ1) is 13.7. The van der Waals surface area contributed by atoms with Gasteiger partial charge < -0.3 is 14.5 Å². The maximum absolute atomic E-state index is 4.84. The van der Waals surface area contributed by atoms with E-state index in [1.807, 2.05) is 6.92 Å². The van der Waals surface area contributed by atoms with Crippen LogP contribution < -0.4 is 5.32 Å². The Hall–Kier alpha value is -3.29. The first-order valence-electron chi connectivity index (χ1n) is 9.67. The van der Waals surface area contributed by atoms with Crippen molar-refractivity contribution in [2.24, 2.45) is 0 Å². The Labute approximate surface area is 162 Å². The molecule has 28 heavy (non-hydrogen) atoms. The normalized spacial score (nSPS) is 14.4. The van der Waals surface area contributed by atoms with Gasteiger partial charge in [-0.1, -0.05) is 0 Å². The SMILES string of the molecule is CCn1c(-c2cnc(C)nc2)nc2c(Nc3ccn(C4CCC4)c3)ncnc21. The largest absolute Gasteiger partial charge is 0.349 e. The van der Waals surface area contributed by atoms with Crippen LogP contribution in [0, 0.1) is 6.92 Å². The summed E-state index contributed by atoms with van der Waals surface area (Å²) in [6.45, 7) is 4.69. The van der Waals surface area contributed by atoms with Crippen LogP contribution >= 0.6 is 0 Å². The fourth-order valence-corrected chi connectivity index (χ4v) is 3.59. The number of rotatable bonds is 5. The molecule has 1 aliphatic carbocycles. The van der Waals surface area contributed by atoms with E-state index in [1.165, 1.54) is 19.3 Å². The van der Waals surface area contributed by atoms with Gasteiger partial charge in [-0.2, -0.15) is 0 Å². The summed E-state index contributed by atoms with van der Waals surface area (Å²) >= 11 is 0. The summed E-state index contributed by atoms with van der Waals surface area (Å²) in [5, 5.41) is 3.42. The Morgan fingerprint density at radius 2 is 1.96 bits per heavy atom. The van der Waals surface area contributed by atoms with Gasteiger partial charge in [-0.15, -0.1) is 0 Å². The van der Waals surface area contributed by atoms with Crippen LogP contribution in [0.3, 0.4) is 0 Å². The smallest absolute Gasteiger partial charge is 0.165 e. The van der Waals surface area contributed by atoms with Crippen molar-refractivity contribution in [2.75, 3.05) is 5.32 Å². The van der Waals surface area contributed by atoms with Crippen LogP contribution in [0.4, 0.5) is 11.5 Å². The van der Waals surface area contributed by atoms with Gasteiger partial charge in [-0.3, -0.25) is 0 Å². The molecule has 0 atom stereocenters. The van der Waals surface area contributed by atoms with E-state index in [9.17, 15) is 0 Å². The molecule has 0 amide bonds. The number of hydrogen-bond acceptors (Lipinski definition) is 6. The second-order valence-electron chi connectivity index (χ2n) is 7.15. The molecule has 8 heteroatoms. The van der Waals surface area contributed by atoms with Crippen molar-refractivity contribution in [3.63, 3.8) is 0 Å². The zero-order chi connectivity index (χ0) is 19.1. The number of aromatic nitrogens is 7. The predicted octanol–water partition coefficient (Wildman–Crippen LogP) is 3.88. The number of hydrogen-bond donors (Lipinski definition) is 1. The highest BCUT2D eigenvalue weighted by Gasteiger charge is 2.20. The van der Waals surface area contributed by atoms with Gasteiger partial charge in [-0.25, -0.2) is 24.9 Å². The van der Waals surface area contributed by atoms with Crippen molar-refractivity contribution in [2.45, 2.75) is 45.7 Å². The maximum atomic E-state index is 4.84. The third kappa shape index (κ3) is 2.81. The lowest BCUT2D eigenvalue weighted by molar-refractivity contribution is 0.314. The molecule has 1 N–H and O–H groups in total. The first-order valence-corrected chi connectivity index (χ1v) is 9.67. The summed E-state index contributed by atoms with van der Waals surface area (Å²) in [6, 6.07) is 2.71. The van der Waals surface area contributed by atoms with Crippen LogP contribution in [0.5, 0.6) is 0 Å². The third-order valence-electron chi connectivity index (χ3n) is 5.36. The van der Waals surface area contributed by atoms with Crippen LogP contribution in [-0.4, -0.2) is 34.1 Å². The van der Waals surface area contributed by atoms with Crippen molar-refractivity contribution >= 4 is 22.7 Å². The Morgan fingerprint density at radius 3 is 2.68 bits per heavy atom. The summed E-state index contributed by atoms with van der Waals surface area (Å²) in [7, 11) is 0. The highest BCUT2D eigenvalue weighted by Crippen LogP contribution is 2.33. The third-order valence-corrected chi connectivity index (χ3v) is 5.36. The zero-order valence-corrected chi connectivity index (χ0v) is 16.0. The minimum Gasteiger partial charge on any atom is -0.349 e. The molecule has 4 heterocycles. The van der Waals surface area contributed by atoms with Crippen molar-refractivity contribution in [1.82, 2.24) is 34.1 Å². The molecule has 0 unspecified atom stereocenters. The van der Waals surface area contributed by atoms with Crippen LogP contribution in [0.1, 0.15) is 38.1 Å². The highest BCUT2D eigenvalue weighted by molar-refractivity contribution is 5.88. The van der Waals surface area contributed by atoms with Crippen molar-refractivity contribution in [3.8, 4) is 11.4 Å². The summed E-state index contributed by atoms with van der Waals surface area (Å²) < 4.78 is 4.35. The number of aryl methyl sites for hydroxylation is 2. The molecule has 142 valence electrons. The Balaban J connectivity index is 1.54. The summed E-state index contributed by atoms with van der Waals surface area (Å²) in [6.07, 6.45) is 13.3. The van der Waals surface area contributed by atoms with Gasteiger partial charge >= 0.3 is 0 Å².